The average molecular weight is 408 g/mol. The quantitative estimate of drug-likeness (QED) is 0.261. The zero-order chi connectivity index (χ0) is 20.5. The Morgan fingerprint density at radius 2 is 2.03 bits per heavy atom. The van der Waals surface area contributed by atoms with Gasteiger partial charge in [0.05, 0.1) is 10.6 Å². The molecule has 0 fully saturated rings. The van der Waals surface area contributed by atoms with Crippen LogP contribution in [0.15, 0.2) is 64.0 Å². The van der Waals surface area contributed by atoms with Crippen molar-refractivity contribution in [2.45, 2.75) is 6.92 Å². The Kier molecular flexibility index (Phi) is 4.74. The molecule has 4 rings (SSSR count). The van der Waals surface area contributed by atoms with Crippen molar-refractivity contribution in [3.8, 4) is 17.2 Å². The number of nitro groups is 1. The van der Waals surface area contributed by atoms with Crippen LogP contribution < -0.4 is 0 Å². The molecule has 3 aromatic carbocycles. The van der Waals surface area contributed by atoms with Crippen LogP contribution in [0, 0.1) is 17.0 Å². The molecule has 0 spiro atoms. The third-order valence-electron chi connectivity index (χ3n) is 4.27. The molecule has 0 atom stereocenters. The molecular weight excluding hydrogens is 394 g/mol. The molecule has 1 N–H and O–H groups in total. The molecule has 0 amide bonds. The van der Waals surface area contributed by atoms with E-state index >= 15 is 0 Å². The molecule has 0 aliphatic rings. The van der Waals surface area contributed by atoms with Crippen LogP contribution in [0.4, 0.5) is 11.4 Å². The molecule has 0 saturated carbocycles. The number of nitrogens with zero attached hydrogens (tertiary/aromatic N) is 3. The molecule has 7 nitrogen and oxygen atoms in total. The molecule has 1 heterocycles. The second-order valence-corrected chi connectivity index (χ2v) is 6.86. The van der Waals surface area contributed by atoms with E-state index in [1.807, 2.05) is 31.2 Å². The number of benzene rings is 3. The maximum Gasteiger partial charge on any atom is 0.312 e. The number of nitro benzene ring substituents is 1. The average Bonchev–Trinajstić information content (AvgIpc) is 3.11. The van der Waals surface area contributed by atoms with Gasteiger partial charge in [0.15, 0.2) is 5.58 Å². The lowest BCUT2D eigenvalue weighted by Gasteiger charge is -2.02. The maximum atomic E-state index is 11.0. The molecule has 4 aromatic rings. The van der Waals surface area contributed by atoms with Crippen LogP contribution in [-0.2, 0) is 0 Å². The van der Waals surface area contributed by atoms with Gasteiger partial charge < -0.3 is 9.52 Å². The van der Waals surface area contributed by atoms with E-state index in [4.69, 9.17) is 16.0 Å². The number of hydrogen-bond acceptors (Lipinski definition) is 6. The van der Waals surface area contributed by atoms with Crippen LogP contribution in [-0.4, -0.2) is 21.2 Å². The fourth-order valence-corrected chi connectivity index (χ4v) is 3.09. The summed E-state index contributed by atoms with van der Waals surface area (Å²) in [5.74, 6) is -0.0301. The van der Waals surface area contributed by atoms with Gasteiger partial charge in [-0.25, -0.2) is 4.98 Å². The van der Waals surface area contributed by atoms with Gasteiger partial charge in [-0.15, -0.1) is 0 Å². The number of aryl methyl sites for hydroxylation is 1. The number of oxazole rings is 1. The first-order chi connectivity index (χ1) is 13.9. The number of aromatic nitrogens is 1. The summed E-state index contributed by atoms with van der Waals surface area (Å²) < 4.78 is 5.81. The molecule has 0 bridgehead atoms. The Hall–Kier alpha value is -3.71. The first-order valence-electron chi connectivity index (χ1n) is 8.59. The number of aromatic hydroxyl groups is 1. The molecule has 0 aliphatic carbocycles. The highest BCUT2D eigenvalue weighted by atomic mass is 35.5. The molecule has 0 unspecified atom stereocenters. The topological polar surface area (TPSA) is 102 Å². The standard InChI is InChI=1S/C21H14ClN3O4/c1-12-5-6-19-17(7-12)24-21(29-19)13-3-2-4-16(9-13)23-11-14-8-15(22)10-18(20(14)26)25(27)28/h2-11,26H,1H3. The summed E-state index contributed by atoms with van der Waals surface area (Å²) in [4.78, 5) is 19.1. The minimum Gasteiger partial charge on any atom is -0.502 e. The number of rotatable bonds is 4. The van der Waals surface area contributed by atoms with Crippen molar-refractivity contribution in [2.75, 3.05) is 0 Å². The summed E-state index contributed by atoms with van der Waals surface area (Å²) in [6.07, 6.45) is 1.32. The summed E-state index contributed by atoms with van der Waals surface area (Å²) in [5, 5.41) is 21.2. The van der Waals surface area contributed by atoms with Gasteiger partial charge >= 0.3 is 5.69 Å². The molecule has 0 radical (unpaired) electrons. The van der Waals surface area contributed by atoms with E-state index in [0.29, 0.717) is 17.2 Å². The van der Waals surface area contributed by atoms with Crippen LogP contribution in [0.3, 0.4) is 0 Å². The first-order valence-corrected chi connectivity index (χ1v) is 8.97. The fraction of sp³-hybridized carbons (Fsp3) is 0.0476. The van der Waals surface area contributed by atoms with E-state index in [1.165, 1.54) is 12.3 Å². The van der Waals surface area contributed by atoms with E-state index in [0.717, 1.165) is 22.7 Å². The highest BCUT2D eigenvalue weighted by Gasteiger charge is 2.17. The lowest BCUT2D eigenvalue weighted by molar-refractivity contribution is -0.385. The van der Waals surface area contributed by atoms with Crippen molar-refractivity contribution < 1.29 is 14.4 Å². The molecule has 8 heteroatoms. The van der Waals surface area contributed by atoms with Crippen LogP contribution in [0.5, 0.6) is 5.75 Å². The van der Waals surface area contributed by atoms with E-state index in [2.05, 4.69) is 9.98 Å². The van der Waals surface area contributed by atoms with Gasteiger partial charge in [-0.3, -0.25) is 15.1 Å². The molecule has 144 valence electrons. The van der Waals surface area contributed by atoms with Crippen LogP contribution in [0.25, 0.3) is 22.6 Å². The molecular formula is C21H14ClN3O4. The van der Waals surface area contributed by atoms with Gasteiger partial charge in [0.1, 0.15) is 5.52 Å². The Morgan fingerprint density at radius 3 is 2.83 bits per heavy atom. The number of halogens is 1. The zero-order valence-corrected chi connectivity index (χ0v) is 15.9. The van der Waals surface area contributed by atoms with E-state index in [1.54, 1.807) is 18.2 Å². The third kappa shape index (κ3) is 3.81. The Bertz CT molecular complexity index is 1280. The SMILES string of the molecule is Cc1ccc2oc(-c3cccc(N=Cc4cc(Cl)cc([N+](=O)[O-])c4O)c3)nc2c1. The normalized spacial score (nSPS) is 11.4. The summed E-state index contributed by atoms with van der Waals surface area (Å²) in [5.41, 5.74) is 3.51. The lowest BCUT2D eigenvalue weighted by Crippen LogP contribution is -1.92. The van der Waals surface area contributed by atoms with E-state index in [-0.39, 0.29) is 10.6 Å². The second-order valence-electron chi connectivity index (χ2n) is 6.42. The number of phenolic OH excluding ortho intramolecular Hbond substituents is 1. The smallest absolute Gasteiger partial charge is 0.312 e. The fourth-order valence-electron chi connectivity index (χ4n) is 2.87. The van der Waals surface area contributed by atoms with Crippen LogP contribution in [0.1, 0.15) is 11.1 Å². The zero-order valence-electron chi connectivity index (χ0n) is 15.2. The van der Waals surface area contributed by atoms with Crippen molar-refractivity contribution >= 4 is 40.3 Å². The summed E-state index contributed by atoms with van der Waals surface area (Å²) in [6.45, 7) is 1.98. The summed E-state index contributed by atoms with van der Waals surface area (Å²) in [7, 11) is 0. The van der Waals surface area contributed by atoms with E-state index < -0.39 is 16.4 Å². The van der Waals surface area contributed by atoms with Crippen molar-refractivity contribution in [3.63, 3.8) is 0 Å². The molecule has 0 saturated heterocycles. The van der Waals surface area contributed by atoms with Crippen LogP contribution in [0.2, 0.25) is 5.02 Å². The van der Waals surface area contributed by atoms with Gasteiger partial charge in [-0.2, -0.15) is 0 Å². The van der Waals surface area contributed by atoms with Crippen LogP contribution >= 0.6 is 11.6 Å². The third-order valence-corrected chi connectivity index (χ3v) is 4.49. The predicted molar refractivity (Wildman–Crippen MR) is 111 cm³/mol. The van der Waals surface area contributed by atoms with Crippen molar-refractivity contribution in [2.24, 2.45) is 4.99 Å². The highest BCUT2D eigenvalue weighted by molar-refractivity contribution is 6.31. The van der Waals surface area contributed by atoms with Crippen molar-refractivity contribution in [1.82, 2.24) is 4.98 Å². The Labute approximate surface area is 170 Å². The summed E-state index contributed by atoms with van der Waals surface area (Å²) >= 11 is 5.90. The maximum absolute atomic E-state index is 11.0. The number of phenols is 1. The number of hydrogen-bond donors (Lipinski definition) is 1. The first kappa shape index (κ1) is 18.6. The minimum atomic E-state index is -0.700. The predicted octanol–water partition coefficient (Wildman–Crippen LogP) is 5.82. The summed E-state index contributed by atoms with van der Waals surface area (Å²) in [6, 6.07) is 15.4. The largest absolute Gasteiger partial charge is 0.502 e. The second kappa shape index (κ2) is 7.37. The van der Waals surface area contributed by atoms with Gasteiger partial charge in [-0.05, 0) is 48.9 Å². The monoisotopic (exact) mass is 407 g/mol. The van der Waals surface area contributed by atoms with Crippen molar-refractivity contribution in [3.05, 3.63) is 80.9 Å². The lowest BCUT2D eigenvalue weighted by atomic mass is 10.1. The van der Waals surface area contributed by atoms with Gasteiger partial charge in [0.25, 0.3) is 0 Å². The molecule has 29 heavy (non-hydrogen) atoms. The molecule has 1 aromatic heterocycles. The number of fused-ring (bicyclic) bond motifs is 1. The Balaban J connectivity index is 1.68. The van der Waals surface area contributed by atoms with Crippen molar-refractivity contribution in [1.29, 1.82) is 0 Å². The van der Waals surface area contributed by atoms with Gasteiger partial charge in [0, 0.05) is 28.4 Å². The Morgan fingerprint density at radius 1 is 1.21 bits per heavy atom. The van der Waals surface area contributed by atoms with Gasteiger partial charge in [0.2, 0.25) is 11.6 Å². The highest BCUT2D eigenvalue weighted by Crippen LogP contribution is 2.33. The minimum absolute atomic E-state index is 0.131. The molecule has 0 aliphatic heterocycles. The number of aliphatic imine (C=N–C) groups is 1. The van der Waals surface area contributed by atoms with Gasteiger partial charge in [-0.1, -0.05) is 23.7 Å². The van der Waals surface area contributed by atoms with E-state index in [9.17, 15) is 15.2 Å².